The van der Waals surface area contributed by atoms with Gasteiger partial charge in [-0.15, -0.1) is 0 Å². The molecule has 0 radical (unpaired) electrons. The molecule has 1 N–H and O–H groups in total. The zero-order valence-corrected chi connectivity index (χ0v) is 17.2. The van der Waals surface area contributed by atoms with E-state index in [-0.39, 0.29) is 5.75 Å². The number of morpholine rings is 1. The van der Waals surface area contributed by atoms with Gasteiger partial charge in [0, 0.05) is 42.7 Å². The third kappa shape index (κ3) is 3.21. The Kier molecular flexibility index (Phi) is 4.35. The van der Waals surface area contributed by atoms with E-state index < -0.39 is 0 Å². The van der Waals surface area contributed by atoms with E-state index in [9.17, 15) is 5.11 Å². The zero-order chi connectivity index (χ0) is 20.8. The number of aliphatic imine (C=N–C) groups is 1. The van der Waals surface area contributed by atoms with E-state index in [4.69, 9.17) is 14.7 Å². The predicted molar refractivity (Wildman–Crippen MR) is 121 cm³/mol. The van der Waals surface area contributed by atoms with Crippen LogP contribution in [0, 0.1) is 0 Å². The standard InChI is InChI=1S/C24H23N5O2/c30-20-3-1-2-16(13-20)22-21-6-7-29(19-5-4-17-14-25-15-18(17)12-19)23(21)27-24(26-22)28-8-10-31-11-9-28/h1-5,12-13,15,30H,6-11,14H2. The molecule has 3 aromatic rings. The van der Waals surface area contributed by atoms with Gasteiger partial charge in [-0.25, -0.2) is 4.98 Å². The molecule has 0 amide bonds. The maximum absolute atomic E-state index is 10.1. The van der Waals surface area contributed by atoms with Crippen molar-refractivity contribution in [2.75, 3.05) is 42.6 Å². The molecule has 0 unspecified atom stereocenters. The summed E-state index contributed by atoms with van der Waals surface area (Å²) < 4.78 is 5.52. The number of hydrogen-bond donors (Lipinski definition) is 1. The van der Waals surface area contributed by atoms with E-state index in [1.807, 2.05) is 18.3 Å². The van der Waals surface area contributed by atoms with E-state index in [0.717, 1.165) is 66.9 Å². The molecule has 1 aromatic heterocycles. The van der Waals surface area contributed by atoms with Crippen molar-refractivity contribution in [1.29, 1.82) is 0 Å². The molecule has 0 bridgehead atoms. The largest absolute Gasteiger partial charge is 0.508 e. The van der Waals surface area contributed by atoms with Crippen LogP contribution >= 0.6 is 0 Å². The molecule has 0 spiro atoms. The molecular formula is C24H23N5O2. The minimum absolute atomic E-state index is 0.241. The van der Waals surface area contributed by atoms with E-state index in [1.54, 1.807) is 12.1 Å². The lowest BCUT2D eigenvalue weighted by Gasteiger charge is -2.28. The Morgan fingerprint density at radius 3 is 2.74 bits per heavy atom. The van der Waals surface area contributed by atoms with Crippen molar-refractivity contribution in [3.63, 3.8) is 0 Å². The first-order chi connectivity index (χ1) is 15.3. The number of nitrogens with zero attached hydrogens (tertiary/aromatic N) is 5. The first-order valence-electron chi connectivity index (χ1n) is 10.7. The summed E-state index contributed by atoms with van der Waals surface area (Å²) >= 11 is 0. The number of rotatable bonds is 3. The Balaban J connectivity index is 1.49. The maximum atomic E-state index is 10.1. The van der Waals surface area contributed by atoms with Gasteiger partial charge in [0.1, 0.15) is 11.6 Å². The average Bonchev–Trinajstić information content (AvgIpc) is 3.45. The highest BCUT2D eigenvalue weighted by Gasteiger charge is 2.29. The first kappa shape index (κ1) is 18.3. The van der Waals surface area contributed by atoms with Crippen LogP contribution in [0.4, 0.5) is 17.5 Å². The van der Waals surface area contributed by atoms with Crippen LogP contribution in [0.25, 0.3) is 11.3 Å². The van der Waals surface area contributed by atoms with E-state index in [1.165, 1.54) is 11.1 Å². The molecule has 0 saturated carbocycles. The lowest BCUT2D eigenvalue weighted by Crippen LogP contribution is -2.37. The molecule has 6 rings (SSSR count). The minimum Gasteiger partial charge on any atom is -0.508 e. The maximum Gasteiger partial charge on any atom is 0.228 e. The molecule has 7 nitrogen and oxygen atoms in total. The SMILES string of the molecule is Oc1cccc(-c2nc(N3CCOCC3)nc3c2CCN3c2ccc3c(c2)C=NC3)c1. The number of aromatic nitrogens is 2. The van der Waals surface area contributed by atoms with Crippen LogP contribution in [0.1, 0.15) is 16.7 Å². The second-order valence-corrected chi connectivity index (χ2v) is 8.08. The summed E-state index contributed by atoms with van der Waals surface area (Å²) in [4.78, 5) is 18.8. The zero-order valence-electron chi connectivity index (χ0n) is 17.2. The van der Waals surface area contributed by atoms with Crippen LogP contribution in [0.15, 0.2) is 47.5 Å². The van der Waals surface area contributed by atoms with Gasteiger partial charge >= 0.3 is 0 Å². The number of aromatic hydroxyl groups is 1. The summed E-state index contributed by atoms with van der Waals surface area (Å²) in [6, 6.07) is 13.8. The normalized spacial score (nSPS) is 17.2. The van der Waals surface area contributed by atoms with Crippen molar-refractivity contribution in [3.05, 3.63) is 59.2 Å². The third-order valence-corrected chi connectivity index (χ3v) is 6.16. The Labute approximate surface area is 180 Å². The van der Waals surface area contributed by atoms with Gasteiger partial charge in [0.25, 0.3) is 0 Å². The van der Waals surface area contributed by atoms with Crippen LogP contribution in [0.3, 0.4) is 0 Å². The Morgan fingerprint density at radius 2 is 1.87 bits per heavy atom. The highest BCUT2D eigenvalue weighted by molar-refractivity contribution is 5.87. The summed E-state index contributed by atoms with van der Waals surface area (Å²) in [5.41, 5.74) is 6.50. The highest BCUT2D eigenvalue weighted by Crippen LogP contribution is 2.40. The Bertz CT molecular complexity index is 1190. The molecule has 7 heteroatoms. The van der Waals surface area contributed by atoms with Crippen molar-refractivity contribution in [2.45, 2.75) is 13.0 Å². The molecule has 1 saturated heterocycles. The number of phenolic OH excluding ortho intramolecular Hbond substituents is 1. The van der Waals surface area contributed by atoms with Crippen molar-refractivity contribution >= 4 is 23.7 Å². The van der Waals surface area contributed by atoms with Crippen LogP contribution < -0.4 is 9.80 Å². The summed E-state index contributed by atoms with van der Waals surface area (Å²) in [5.74, 6) is 1.91. The third-order valence-electron chi connectivity index (χ3n) is 6.16. The van der Waals surface area contributed by atoms with Gasteiger partial charge in [-0.2, -0.15) is 4.98 Å². The highest BCUT2D eigenvalue weighted by atomic mass is 16.5. The molecule has 0 atom stereocenters. The van der Waals surface area contributed by atoms with Gasteiger partial charge in [0.2, 0.25) is 5.95 Å². The molecule has 4 heterocycles. The molecule has 1 fully saturated rings. The van der Waals surface area contributed by atoms with Gasteiger partial charge in [-0.05, 0) is 41.8 Å². The van der Waals surface area contributed by atoms with Crippen LogP contribution in [0.5, 0.6) is 5.75 Å². The molecule has 2 aromatic carbocycles. The fourth-order valence-corrected chi connectivity index (χ4v) is 4.55. The molecular weight excluding hydrogens is 390 g/mol. The molecule has 0 aliphatic carbocycles. The topological polar surface area (TPSA) is 74.1 Å². The van der Waals surface area contributed by atoms with Gasteiger partial charge in [-0.1, -0.05) is 18.2 Å². The van der Waals surface area contributed by atoms with Crippen molar-refractivity contribution in [2.24, 2.45) is 4.99 Å². The van der Waals surface area contributed by atoms with E-state index in [2.05, 4.69) is 33.0 Å². The van der Waals surface area contributed by atoms with Crippen molar-refractivity contribution < 1.29 is 9.84 Å². The lowest BCUT2D eigenvalue weighted by molar-refractivity contribution is 0.122. The van der Waals surface area contributed by atoms with E-state index in [0.29, 0.717) is 13.2 Å². The van der Waals surface area contributed by atoms with Gasteiger partial charge in [0.15, 0.2) is 0 Å². The molecule has 156 valence electrons. The summed E-state index contributed by atoms with van der Waals surface area (Å²) in [6.45, 7) is 4.50. The average molecular weight is 413 g/mol. The van der Waals surface area contributed by atoms with Crippen molar-refractivity contribution in [1.82, 2.24) is 9.97 Å². The number of anilines is 3. The van der Waals surface area contributed by atoms with Crippen LogP contribution in [0.2, 0.25) is 0 Å². The Morgan fingerprint density at radius 1 is 0.968 bits per heavy atom. The van der Waals surface area contributed by atoms with Crippen LogP contribution in [-0.4, -0.2) is 54.1 Å². The number of ether oxygens (including phenoxy) is 1. The number of phenols is 1. The quantitative estimate of drug-likeness (QED) is 0.710. The van der Waals surface area contributed by atoms with Gasteiger partial charge in [-0.3, -0.25) is 4.99 Å². The number of fused-ring (bicyclic) bond motifs is 2. The number of hydrogen-bond acceptors (Lipinski definition) is 7. The molecule has 3 aliphatic heterocycles. The molecule has 3 aliphatic rings. The Hall–Kier alpha value is -3.45. The predicted octanol–water partition coefficient (Wildman–Crippen LogP) is 3.31. The summed E-state index contributed by atoms with van der Waals surface area (Å²) in [7, 11) is 0. The summed E-state index contributed by atoms with van der Waals surface area (Å²) in [5, 5.41) is 10.1. The van der Waals surface area contributed by atoms with Gasteiger partial charge in [0.05, 0.1) is 25.5 Å². The molecule has 31 heavy (non-hydrogen) atoms. The lowest BCUT2D eigenvalue weighted by atomic mass is 10.1. The smallest absolute Gasteiger partial charge is 0.228 e. The van der Waals surface area contributed by atoms with E-state index >= 15 is 0 Å². The monoisotopic (exact) mass is 413 g/mol. The number of benzene rings is 2. The second-order valence-electron chi connectivity index (χ2n) is 8.08. The summed E-state index contributed by atoms with van der Waals surface area (Å²) in [6.07, 6.45) is 2.81. The van der Waals surface area contributed by atoms with Gasteiger partial charge < -0.3 is 19.6 Å². The fourth-order valence-electron chi connectivity index (χ4n) is 4.55. The minimum atomic E-state index is 0.241. The first-order valence-corrected chi connectivity index (χ1v) is 10.7. The second kappa shape index (κ2) is 7.35. The van der Waals surface area contributed by atoms with Crippen molar-refractivity contribution in [3.8, 4) is 17.0 Å². The fraction of sp³-hybridized carbons (Fsp3) is 0.292. The van der Waals surface area contributed by atoms with Crippen LogP contribution in [-0.2, 0) is 17.7 Å².